The molecular weight excluding hydrogens is 170 g/mol. The van der Waals surface area contributed by atoms with Crippen LogP contribution >= 0.6 is 0 Å². The van der Waals surface area contributed by atoms with E-state index in [0.717, 1.165) is 11.6 Å². The first-order valence-corrected chi connectivity index (χ1v) is 5.73. The van der Waals surface area contributed by atoms with Crippen molar-refractivity contribution >= 4 is 0 Å². The van der Waals surface area contributed by atoms with Gasteiger partial charge in [-0.05, 0) is 37.5 Å². The summed E-state index contributed by atoms with van der Waals surface area (Å²) in [5.74, 6) is 0.870. The second kappa shape index (κ2) is 3.60. The maximum Gasteiger partial charge on any atom is 0.0373 e. The molecule has 14 heavy (non-hydrogen) atoms. The Morgan fingerprint density at radius 1 is 1.43 bits per heavy atom. The molecule has 82 valence electrons. The average molecular weight is 195 g/mol. The quantitative estimate of drug-likeness (QED) is 0.724. The molecule has 0 aromatic heterocycles. The number of nitrogens with one attached hydrogen (secondary N) is 1. The smallest absolute Gasteiger partial charge is 0.0373 e. The number of allylic oxidation sites excluding steroid dienone is 1. The third-order valence-corrected chi connectivity index (χ3v) is 3.65. The van der Waals surface area contributed by atoms with Crippen molar-refractivity contribution in [1.29, 1.82) is 0 Å². The summed E-state index contributed by atoms with van der Waals surface area (Å²) in [6.07, 6.45) is 3.83. The van der Waals surface area contributed by atoms with Gasteiger partial charge in [0.1, 0.15) is 0 Å². The molecule has 0 aromatic carbocycles. The highest BCUT2D eigenvalue weighted by atomic mass is 15.0. The molecule has 1 saturated carbocycles. The van der Waals surface area contributed by atoms with Crippen molar-refractivity contribution in [3.8, 4) is 0 Å². The van der Waals surface area contributed by atoms with E-state index in [2.05, 4.69) is 46.5 Å². The van der Waals surface area contributed by atoms with Gasteiger partial charge in [-0.2, -0.15) is 0 Å². The van der Waals surface area contributed by atoms with Gasteiger partial charge in [0.25, 0.3) is 0 Å². The van der Waals surface area contributed by atoms with Crippen LogP contribution in [0.3, 0.4) is 0 Å². The topological polar surface area (TPSA) is 12.0 Å². The zero-order valence-electron chi connectivity index (χ0n) is 10.4. The Balaban J connectivity index is 2.53. The molecule has 0 amide bonds. The van der Waals surface area contributed by atoms with Crippen LogP contribution in [0.4, 0.5) is 0 Å². The summed E-state index contributed by atoms with van der Waals surface area (Å²) in [7, 11) is 0. The lowest BCUT2D eigenvalue weighted by Gasteiger charge is -2.53. The standard InChI is InChI=1S/C13H25N/c1-7-13(14-10(2)3)8-11(9-13)12(4,5)6/h11,14H,2,7-9H2,1,3-6H3. The molecule has 0 heterocycles. The summed E-state index contributed by atoms with van der Waals surface area (Å²) in [5.41, 5.74) is 1.94. The lowest BCUT2D eigenvalue weighted by molar-refractivity contribution is 0.0289. The number of hydrogen-bond donors (Lipinski definition) is 1. The van der Waals surface area contributed by atoms with E-state index in [1.807, 2.05) is 0 Å². The van der Waals surface area contributed by atoms with Gasteiger partial charge in [0.05, 0.1) is 0 Å². The molecule has 0 bridgehead atoms. The number of rotatable bonds is 3. The van der Waals surface area contributed by atoms with Crippen LogP contribution in [-0.2, 0) is 0 Å². The van der Waals surface area contributed by atoms with Crippen molar-refractivity contribution in [2.45, 2.75) is 59.4 Å². The molecule has 1 fully saturated rings. The molecule has 1 rings (SSSR count). The molecule has 0 saturated heterocycles. The molecule has 1 aliphatic carbocycles. The van der Waals surface area contributed by atoms with Crippen molar-refractivity contribution in [3.63, 3.8) is 0 Å². The summed E-state index contributed by atoms with van der Waals surface area (Å²) in [6, 6.07) is 0. The predicted molar refractivity (Wildman–Crippen MR) is 63.2 cm³/mol. The largest absolute Gasteiger partial charge is 0.384 e. The van der Waals surface area contributed by atoms with E-state index in [1.165, 1.54) is 19.3 Å². The van der Waals surface area contributed by atoms with E-state index in [0.29, 0.717) is 11.0 Å². The van der Waals surface area contributed by atoms with Gasteiger partial charge in [0, 0.05) is 11.2 Å². The Bertz CT molecular complexity index is 216. The van der Waals surface area contributed by atoms with Crippen LogP contribution in [0.5, 0.6) is 0 Å². The van der Waals surface area contributed by atoms with Gasteiger partial charge in [-0.25, -0.2) is 0 Å². The first-order valence-electron chi connectivity index (χ1n) is 5.73. The fourth-order valence-electron chi connectivity index (χ4n) is 2.43. The van der Waals surface area contributed by atoms with Crippen molar-refractivity contribution in [2.75, 3.05) is 0 Å². The summed E-state index contributed by atoms with van der Waals surface area (Å²) < 4.78 is 0. The van der Waals surface area contributed by atoms with Crippen LogP contribution in [0, 0.1) is 11.3 Å². The third-order valence-electron chi connectivity index (χ3n) is 3.65. The maximum absolute atomic E-state index is 3.95. The highest BCUT2D eigenvalue weighted by Gasteiger charge is 2.47. The Morgan fingerprint density at radius 3 is 2.21 bits per heavy atom. The minimum atomic E-state index is 0.365. The minimum Gasteiger partial charge on any atom is -0.384 e. The highest BCUT2D eigenvalue weighted by molar-refractivity contribution is 5.08. The van der Waals surface area contributed by atoms with Gasteiger partial charge in [0.2, 0.25) is 0 Å². The second-order valence-corrected chi connectivity index (χ2v) is 6.01. The first-order chi connectivity index (χ1) is 6.29. The van der Waals surface area contributed by atoms with Gasteiger partial charge >= 0.3 is 0 Å². The molecular formula is C13H25N. The molecule has 0 spiro atoms. The van der Waals surface area contributed by atoms with Gasteiger partial charge < -0.3 is 5.32 Å². The molecule has 0 aromatic rings. The molecule has 1 nitrogen and oxygen atoms in total. The molecule has 1 N–H and O–H groups in total. The monoisotopic (exact) mass is 195 g/mol. The molecule has 0 aliphatic heterocycles. The fourth-order valence-corrected chi connectivity index (χ4v) is 2.43. The van der Waals surface area contributed by atoms with Gasteiger partial charge in [-0.15, -0.1) is 0 Å². The van der Waals surface area contributed by atoms with Crippen LogP contribution in [0.1, 0.15) is 53.9 Å². The molecule has 1 aliphatic rings. The van der Waals surface area contributed by atoms with Crippen LogP contribution in [0.2, 0.25) is 0 Å². The normalized spacial score (nSPS) is 32.2. The Labute approximate surface area is 89.0 Å². The first kappa shape index (κ1) is 11.6. The van der Waals surface area contributed by atoms with Crippen LogP contribution in [0.25, 0.3) is 0 Å². The minimum absolute atomic E-state index is 0.365. The Kier molecular flexibility index (Phi) is 2.99. The average Bonchev–Trinajstić information content (AvgIpc) is 1.93. The molecule has 0 radical (unpaired) electrons. The summed E-state index contributed by atoms with van der Waals surface area (Å²) in [5, 5.41) is 3.55. The van der Waals surface area contributed by atoms with E-state index >= 15 is 0 Å². The van der Waals surface area contributed by atoms with Crippen molar-refractivity contribution in [1.82, 2.24) is 5.32 Å². The summed E-state index contributed by atoms with van der Waals surface area (Å²) in [4.78, 5) is 0. The second-order valence-electron chi connectivity index (χ2n) is 6.01. The summed E-state index contributed by atoms with van der Waals surface area (Å²) >= 11 is 0. The third kappa shape index (κ3) is 2.31. The Morgan fingerprint density at radius 2 is 1.93 bits per heavy atom. The Hall–Kier alpha value is -0.460. The van der Waals surface area contributed by atoms with E-state index in [-0.39, 0.29) is 0 Å². The van der Waals surface area contributed by atoms with Crippen molar-refractivity contribution in [3.05, 3.63) is 12.3 Å². The SMILES string of the molecule is C=C(C)NC1(CC)CC(C(C)(C)C)C1. The van der Waals surface area contributed by atoms with Crippen molar-refractivity contribution in [2.24, 2.45) is 11.3 Å². The van der Waals surface area contributed by atoms with Gasteiger partial charge in [0.15, 0.2) is 0 Å². The zero-order chi connectivity index (χ0) is 11.0. The van der Waals surface area contributed by atoms with Crippen LogP contribution < -0.4 is 5.32 Å². The van der Waals surface area contributed by atoms with E-state index in [4.69, 9.17) is 0 Å². The van der Waals surface area contributed by atoms with E-state index in [9.17, 15) is 0 Å². The van der Waals surface area contributed by atoms with E-state index in [1.54, 1.807) is 0 Å². The molecule has 1 heteroatoms. The fraction of sp³-hybridized carbons (Fsp3) is 0.846. The highest BCUT2D eigenvalue weighted by Crippen LogP contribution is 2.49. The van der Waals surface area contributed by atoms with Gasteiger partial charge in [-0.3, -0.25) is 0 Å². The van der Waals surface area contributed by atoms with Crippen molar-refractivity contribution < 1.29 is 0 Å². The lowest BCUT2D eigenvalue weighted by Crippen LogP contribution is -2.56. The van der Waals surface area contributed by atoms with Gasteiger partial charge in [-0.1, -0.05) is 34.3 Å². The van der Waals surface area contributed by atoms with Crippen LogP contribution in [-0.4, -0.2) is 5.54 Å². The lowest BCUT2D eigenvalue weighted by atomic mass is 9.58. The predicted octanol–water partition coefficient (Wildman–Crippen LogP) is 3.71. The number of hydrogen-bond acceptors (Lipinski definition) is 1. The summed E-state index contributed by atoms with van der Waals surface area (Å²) in [6.45, 7) is 15.3. The molecule has 0 unspecified atom stereocenters. The maximum atomic E-state index is 3.95. The van der Waals surface area contributed by atoms with E-state index < -0.39 is 0 Å². The van der Waals surface area contributed by atoms with Crippen LogP contribution in [0.15, 0.2) is 12.3 Å². The zero-order valence-corrected chi connectivity index (χ0v) is 10.4. The molecule has 0 atom stereocenters.